The van der Waals surface area contributed by atoms with Crippen LogP contribution in [0.15, 0.2) is 77.9 Å². The van der Waals surface area contributed by atoms with Crippen molar-refractivity contribution < 1.29 is 13.6 Å². The van der Waals surface area contributed by atoms with E-state index >= 15 is 0 Å². The van der Waals surface area contributed by atoms with Gasteiger partial charge >= 0.3 is 0 Å². The molecule has 0 atom stereocenters. The molecule has 3 nitrogen and oxygen atoms in total. The first kappa shape index (κ1) is 24.6. The Balaban J connectivity index is 1.54. The molecule has 0 saturated carbocycles. The Labute approximate surface area is 209 Å². The molecule has 0 unspecified atom stereocenters. The number of nitriles is 1. The summed E-state index contributed by atoms with van der Waals surface area (Å²) in [5, 5.41) is 9.52. The van der Waals surface area contributed by atoms with E-state index in [0.717, 1.165) is 28.3 Å². The number of benzene rings is 3. The second kappa shape index (κ2) is 11.3. The predicted octanol–water partition coefficient (Wildman–Crippen LogP) is 6.44. The van der Waals surface area contributed by atoms with Crippen molar-refractivity contribution in [3.63, 3.8) is 0 Å². The zero-order valence-corrected chi connectivity index (χ0v) is 20.0. The highest BCUT2D eigenvalue weighted by Crippen LogP contribution is 2.28. The first-order valence-electron chi connectivity index (χ1n) is 11.6. The van der Waals surface area contributed by atoms with Crippen LogP contribution in [0, 0.1) is 23.0 Å². The third-order valence-electron chi connectivity index (χ3n) is 6.38. The van der Waals surface area contributed by atoms with Crippen LogP contribution in [0.4, 0.5) is 8.78 Å². The van der Waals surface area contributed by atoms with E-state index in [4.69, 9.17) is 16.9 Å². The van der Waals surface area contributed by atoms with Crippen molar-refractivity contribution in [2.75, 3.05) is 13.1 Å². The molecule has 4 rings (SSSR count). The van der Waals surface area contributed by atoms with E-state index in [1.165, 1.54) is 12.1 Å². The van der Waals surface area contributed by atoms with Gasteiger partial charge in [-0.25, -0.2) is 8.78 Å². The molecule has 35 heavy (non-hydrogen) atoms. The lowest BCUT2D eigenvalue weighted by Crippen LogP contribution is -2.28. The lowest BCUT2D eigenvalue weighted by Gasteiger charge is -2.17. The first-order chi connectivity index (χ1) is 16.9. The second-order valence-electron chi connectivity index (χ2n) is 8.77. The van der Waals surface area contributed by atoms with Gasteiger partial charge in [0.05, 0.1) is 10.6 Å². The standard InChI is InChI=1S/C29H25ClF2N2O/c30-27-15-21(6-8-23(27)18-33)14-25(16-22-9-10-26(31)17-28(22)32)24-12-13-34(19-24)29(35)11-7-20-4-2-1-3-5-20/h1-6,8-10,15,17H,7,11-14,16,19H2/b25-24-. The van der Waals surface area contributed by atoms with Gasteiger partial charge in [0.15, 0.2) is 0 Å². The fourth-order valence-electron chi connectivity index (χ4n) is 4.43. The number of aryl methyl sites for hydroxylation is 1. The van der Waals surface area contributed by atoms with Gasteiger partial charge in [-0.1, -0.05) is 59.6 Å². The van der Waals surface area contributed by atoms with Gasteiger partial charge in [-0.05, 0) is 66.1 Å². The van der Waals surface area contributed by atoms with Gasteiger partial charge in [-0.3, -0.25) is 4.79 Å². The lowest BCUT2D eigenvalue weighted by atomic mass is 9.93. The van der Waals surface area contributed by atoms with Crippen LogP contribution in [0.1, 0.15) is 35.1 Å². The second-order valence-corrected chi connectivity index (χ2v) is 9.18. The van der Waals surface area contributed by atoms with Crippen LogP contribution >= 0.6 is 11.6 Å². The van der Waals surface area contributed by atoms with E-state index in [0.29, 0.717) is 61.3 Å². The Morgan fingerprint density at radius 3 is 2.51 bits per heavy atom. The van der Waals surface area contributed by atoms with E-state index in [-0.39, 0.29) is 5.91 Å². The van der Waals surface area contributed by atoms with Crippen molar-refractivity contribution in [1.29, 1.82) is 5.26 Å². The predicted molar refractivity (Wildman–Crippen MR) is 133 cm³/mol. The van der Waals surface area contributed by atoms with Gasteiger partial charge in [-0.2, -0.15) is 5.26 Å². The highest BCUT2D eigenvalue weighted by atomic mass is 35.5. The molecule has 0 spiro atoms. The maximum absolute atomic E-state index is 14.5. The van der Waals surface area contributed by atoms with E-state index < -0.39 is 11.6 Å². The molecule has 0 aliphatic carbocycles. The molecule has 1 fully saturated rings. The number of carbonyl (C=O) groups is 1. The molecule has 0 aromatic heterocycles. The summed E-state index contributed by atoms with van der Waals surface area (Å²) in [5.41, 5.74) is 4.89. The van der Waals surface area contributed by atoms with Crippen LogP contribution < -0.4 is 0 Å². The topological polar surface area (TPSA) is 44.1 Å². The van der Waals surface area contributed by atoms with Gasteiger partial charge in [0.25, 0.3) is 0 Å². The Kier molecular flexibility index (Phi) is 7.94. The van der Waals surface area contributed by atoms with E-state index in [9.17, 15) is 13.6 Å². The van der Waals surface area contributed by atoms with Gasteiger partial charge in [0, 0.05) is 25.6 Å². The maximum Gasteiger partial charge on any atom is 0.223 e. The number of likely N-dealkylation sites (tertiary alicyclic amines) is 1. The molecule has 0 bridgehead atoms. The van der Waals surface area contributed by atoms with Gasteiger partial charge in [0.1, 0.15) is 17.7 Å². The van der Waals surface area contributed by atoms with Crippen LogP contribution in [-0.4, -0.2) is 23.9 Å². The third-order valence-corrected chi connectivity index (χ3v) is 6.69. The zero-order valence-electron chi connectivity index (χ0n) is 19.2. The van der Waals surface area contributed by atoms with Crippen molar-refractivity contribution in [1.82, 2.24) is 4.90 Å². The molecule has 0 radical (unpaired) electrons. The molecule has 3 aromatic carbocycles. The summed E-state index contributed by atoms with van der Waals surface area (Å²) in [4.78, 5) is 14.7. The Bertz CT molecular complexity index is 1300. The summed E-state index contributed by atoms with van der Waals surface area (Å²) in [6.45, 7) is 1.11. The van der Waals surface area contributed by atoms with Crippen molar-refractivity contribution >= 4 is 17.5 Å². The number of rotatable bonds is 7. The van der Waals surface area contributed by atoms with Crippen molar-refractivity contribution in [2.24, 2.45) is 0 Å². The summed E-state index contributed by atoms with van der Waals surface area (Å²) in [5.74, 6) is -1.11. The molecule has 0 N–H and O–H groups in total. The molecule has 1 saturated heterocycles. The molecule has 1 aliphatic rings. The summed E-state index contributed by atoms with van der Waals surface area (Å²) < 4.78 is 27.9. The molecule has 1 aliphatic heterocycles. The van der Waals surface area contributed by atoms with Crippen LogP contribution in [0.2, 0.25) is 5.02 Å². The molecule has 1 amide bonds. The monoisotopic (exact) mass is 490 g/mol. The van der Waals surface area contributed by atoms with Crippen LogP contribution in [0.5, 0.6) is 0 Å². The Morgan fingerprint density at radius 2 is 1.80 bits per heavy atom. The van der Waals surface area contributed by atoms with Gasteiger partial charge in [0.2, 0.25) is 5.91 Å². The molecular formula is C29H25ClF2N2O. The average Bonchev–Trinajstić information content (AvgIpc) is 3.35. The summed E-state index contributed by atoms with van der Waals surface area (Å²) >= 11 is 6.23. The number of allylic oxidation sites excluding steroid dienone is 1. The number of halogens is 3. The van der Waals surface area contributed by atoms with E-state index in [1.807, 2.05) is 41.3 Å². The summed E-state index contributed by atoms with van der Waals surface area (Å²) in [6, 6.07) is 20.8. The molecule has 178 valence electrons. The highest BCUT2D eigenvalue weighted by molar-refractivity contribution is 6.31. The Morgan fingerprint density at radius 1 is 1.00 bits per heavy atom. The molecular weight excluding hydrogens is 466 g/mol. The fraction of sp³-hybridized carbons (Fsp3) is 0.241. The largest absolute Gasteiger partial charge is 0.338 e. The van der Waals surface area contributed by atoms with Crippen molar-refractivity contribution in [3.8, 4) is 6.07 Å². The lowest BCUT2D eigenvalue weighted by molar-refractivity contribution is -0.129. The number of nitrogens with zero attached hydrogens (tertiary/aromatic N) is 2. The number of amides is 1. The minimum Gasteiger partial charge on any atom is -0.338 e. The van der Waals surface area contributed by atoms with Crippen LogP contribution in [0.25, 0.3) is 0 Å². The van der Waals surface area contributed by atoms with E-state index in [2.05, 4.69) is 6.07 Å². The van der Waals surface area contributed by atoms with E-state index in [1.54, 1.807) is 12.1 Å². The van der Waals surface area contributed by atoms with Crippen molar-refractivity contribution in [2.45, 2.75) is 32.1 Å². The first-order valence-corrected chi connectivity index (χ1v) is 11.9. The van der Waals surface area contributed by atoms with Crippen molar-refractivity contribution in [3.05, 3.63) is 117 Å². The van der Waals surface area contributed by atoms with Gasteiger partial charge < -0.3 is 4.90 Å². The summed E-state index contributed by atoms with van der Waals surface area (Å²) in [6.07, 6.45) is 2.64. The van der Waals surface area contributed by atoms with Gasteiger partial charge in [-0.15, -0.1) is 0 Å². The molecule has 3 aromatic rings. The summed E-state index contributed by atoms with van der Waals surface area (Å²) in [7, 11) is 0. The molecule has 1 heterocycles. The fourth-order valence-corrected chi connectivity index (χ4v) is 4.67. The average molecular weight is 491 g/mol. The zero-order chi connectivity index (χ0) is 24.8. The Hall–Kier alpha value is -3.49. The number of hydrogen-bond acceptors (Lipinski definition) is 2. The number of carbonyl (C=O) groups excluding carboxylic acids is 1. The maximum atomic E-state index is 14.5. The quantitative estimate of drug-likeness (QED) is 0.358. The smallest absolute Gasteiger partial charge is 0.223 e. The minimum atomic E-state index is -0.615. The molecule has 6 heteroatoms. The minimum absolute atomic E-state index is 0.0950. The van der Waals surface area contributed by atoms with Crippen LogP contribution in [0.3, 0.4) is 0 Å². The highest BCUT2D eigenvalue weighted by Gasteiger charge is 2.24. The normalized spacial score (nSPS) is 14.6. The SMILES string of the molecule is N#Cc1ccc(C/C(Cc2ccc(F)cc2F)=C2\CCN(C(=O)CCc3ccccc3)C2)cc1Cl. The third kappa shape index (κ3) is 6.35. The van der Waals surface area contributed by atoms with Crippen LogP contribution in [-0.2, 0) is 24.1 Å². The number of hydrogen-bond donors (Lipinski definition) is 0.